The molecule has 0 aromatic heterocycles. The molecule has 0 amide bonds. The van der Waals surface area contributed by atoms with Crippen LogP contribution in [0.5, 0.6) is 0 Å². The van der Waals surface area contributed by atoms with Gasteiger partial charge in [0.25, 0.3) is 0 Å². The van der Waals surface area contributed by atoms with Crippen molar-refractivity contribution in [1.82, 2.24) is 0 Å². The Hall–Kier alpha value is -0.743. The summed E-state index contributed by atoms with van der Waals surface area (Å²) in [5.41, 5.74) is 3.65. The Labute approximate surface area is 124 Å². The van der Waals surface area contributed by atoms with Gasteiger partial charge in [0.2, 0.25) is 0 Å². The van der Waals surface area contributed by atoms with E-state index < -0.39 is 8.32 Å². The number of hydrogen-bond donors (Lipinski definition) is 0. The Morgan fingerprint density at radius 2 is 1.95 bits per heavy atom. The number of hydrogen-bond acceptors (Lipinski definition) is 3. The van der Waals surface area contributed by atoms with Gasteiger partial charge < -0.3 is 4.43 Å². The minimum atomic E-state index is -1.64. The Morgan fingerprint density at radius 1 is 1.20 bits per heavy atom. The molecule has 0 saturated heterocycles. The topological polar surface area (TPSA) is 34.0 Å². The highest BCUT2D eigenvalue weighted by molar-refractivity contribution is 6.74. The molecule has 0 aromatic rings. The first kappa shape index (κ1) is 15.6. The van der Waals surface area contributed by atoms with Gasteiger partial charge in [0.1, 0.15) is 0 Å². The summed E-state index contributed by atoms with van der Waals surface area (Å²) in [6.07, 6.45) is 7.98. The van der Waals surface area contributed by atoms with Crippen LogP contribution in [-0.2, 0) is 4.43 Å². The monoisotopic (exact) mass is 292 g/mol. The van der Waals surface area contributed by atoms with Crippen LogP contribution in [0.1, 0.15) is 52.9 Å². The van der Waals surface area contributed by atoms with E-state index in [4.69, 9.17) is 4.43 Å². The molecular weight excluding hydrogens is 264 g/mol. The van der Waals surface area contributed by atoms with E-state index in [0.717, 1.165) is 31.6 Å². The fourth-order valence-corrected chi connectivity index (χ4v) is 3.35. The van der Waals surface area contributed by atoms with Crippen molar-refractivity contribution in [3.8, 4) is 0 Å². The van der Waals surface area contributed by atoms with Crippen molar-refractivity contribution in [1.29, 1.82) is 0 Å². The molecule has 0 bridgehead atoms. The average molecular weight is 292 g/mol. The summed E-state index contributed by atoms with van der Waals surface area (Å²) >= 11 is 0. The summed E-state index contributed by atoms with van der Waals surface area (Å²) in [7, 11) is -1.64. The van der Waals surface area contributed by atoms with Gasteiger partial charge in [-0.25, -0.2) is 0 Å². The SMILES string of the molecule is CC(C)(C)[Si](C)(C)OCCC1=NN=C2CCCCC=C21. The molecule has 0 fully saturated rings. The van der Waals surface area contributed by atoms with Gasteiger partial charge in [-0.2, -0.15) is 10.2 Å². The first-order valence-electron chi connectivity index (χ1n) is 7.79. The smallest absolute Gasteiger partial charge is 0.191 e. The normalized spacial score (nSPS) is 19.9. The van der Waals surface area contributed by atoms with E-state index >= 15 is 0 Å². The summed E-state index contributed by atoms with van der Waals surface area (Å²) in [5.74, 6) is 0. The van der Waals surface area contributed by atoms with Crippen LogP contribution in [0.25, 0.3) is 0 Å². The van der Waals surface area contributed by atoms with E-state index in [1.54, 1.807) is 0 Å². The van der Waals surface area contributed by atoms with Gasteiger partial charge in [-0.15, -0.1) is 0 Å². The second kappa shape index (κ2) is 5.94. The zero-order chi connectivity index (χ0) is 14.8. The highest BCUT2D eigenvalue weighted by Crippen LogP contribution is 2.36. The fourth-order valence-electron chi connectivity index (χ4n) is 2.30. The molecule has 4 heteroatoms. The summed E-state index contributed by atoms with van der Waals surface area (Å²) in [6.45, 7) is 12.2. The summed E-state index contributed by atoms with van der Waals surface area (Å²) in [6, 6.07) is 0. The predicted octanol–water partition coefficient (Wildman–Crippen LogP) is 4.71. The third-order valence-electron chi connectivity index (χ3n) is 4.74. The van der Waals surface area contributed by atoms with Crippen LogP contribution in [0.3, 0.4) is 0 Å². The van der Waals surface area contributed by atoms with Gasteiger partial charge in [-0.05, 0) is 43.8 Å². The molecular formula is C16H28N2OSi. The van der Waals surface area contributed by atoms with Gasteiger partial charge >= 0.3 is 0 Å². The van der Waals surface area contributed by atoms with Gasteiger partial charge in [-0.3, -0.25) is 0 Å². The van der Waals surface area contributed by atoms with Gasteiger partial charge in [-0.1, -0.05) is 26.8 Å². The lowest BCUT2D eigenvalue weighted by atomic mass is 10.0. The molecule has 112 valence electrons. The molecule has 3 nitrogen and oxygen atoms in total. The maximum atomic E-state index is 6.25. The molecule has 0 atom stereocenters. The highest BCUT2D eigenvalue weighted by atomic mass is 28.4. The molecule has 0 unspecified atom stereocenters. The minimum absolute atomic E-state index is 0.272. The van der Waals surface area contributed by atoms with E-state index in [0.29, 0.717) is 0 Å². The van der Waals surface area contributed by atoms with E-state index in [1.165, 1.54) is 24.1 Å². The van der Waals surface area contributed by atoms with Crippen LogP contribution < -0.4 is 0 Å². The molecule has 0 radical (unpaired) electrons. The Kier molecular flexibility index (Phi) is 4.64. The lowest BCUT2D eigenvalue weighted by Gasteiger charge is -2.36. The van der Waals surface area contributed by atoms with Crippen molar-refractivity contribution in [2.75, 3.05) is 6.61 Å². The van der Waals surface area contributed by atoms with Crippen LogP contribution in [-0.4, -0.2) is 26.3 Å². The lowest BCUT2D eigenvalue weighted by Crippen LogP contribution is -2.41. The van der Waals surface area contributed by atoms with Crippen LogP contribution in [0, 0.1) is 0 Å². The molecule has 1 aliphatic heterocycles. The zero-order valence-corrected chi connectivity index (χ0v) is 14.6. The van der Waals surface area contributed by atoms with Crippen LogP contribution in [0.2, 0.25) is 18.1 Å². The molecule has 1 aliphatic carbocycles. The zero-order valence-electron chi connectivity index (χ0n) is 13.6. The first-order chi connectivity index (χ1) is 9.31. The Morgan fingerprint density at radius 3 is 2.65 bits per heavy atom. The van der Waals surface area contributed by atoms with E-state index in [9.17, 15) is 0 Å². The van der Waals surface area contributed by atoms with Crippen molar-refractivity contribution in [3.63, 3.8) is 0 Å². The number of rotatable bonds is 4. The summed E-state index contributed by atoms with van der Waals surface area (Å²) < 4.78 is 6.25. The van der Waals surface area contributed by atoms with Crippen molar-refractivity contribution < 1.29 is 4.43 Å². The predicted molar refractivity (Wildman–Crippen MR) is 89.2 cm³/mol. The molecule has 1 heterocycles. The Bertz CT molecular complexity index is 456. The molecule has 0 aromatic carbocycles. The molecule has 20 heavy (non-hydrogen) atoms. The fraction of sp³-hybridized carbons (Fsp3) is 0.750. The molecule has 2 rings (SSSR count). The summed E-state index contributed by atoms with van der Waals surface area (Å²) in [4.78, 5) is 0. The molecule has 0 saturated carbocycles. The van der Waals surface area contributed by atoms with E-state index in [-0.39, 0.29) is 5.04 Å². The maximum Gasteiger partial charge on any atom is 0.191 e. The van der Waals surface area contributed by atoms with E-state index in [2.05, 4.69) is 50.1 Å². The highest BCUT2D eigenvalue weighted by Gasteiger charge is 2.37. The maximum absolute atomic E-state index is 6.25. The van der Waals surface area contributed by atoms with Crippen molar-refractivity contribution in [2.45, 2.75) is 71.0 Å². The van der Waals surface area contributed by atoms with Crippen LogP contribution >= 0.6 is 0 Å². The van der Waals surface area contributed by atoms with Crippen molar-refractivity contribution in [3.05, 3.63) is 11.6 Å². The summed E-state index contributed by atoms with van der Waals surface area (Å²) in [5, 5.41) is 9.00. The third kappa shape index (κ3) is 3.47. The van der Waals surface area contributed by atoms with Crippen molar-refractivity contribution >= 4 is 19.7 Å². The Balaban J connectivity index is 1.89. The lowest BCUT2D eigenvalue weighted by molar-refractivity contribution is 0.298. The van der Waals surface area contributed by atoms with Gasteiger partial charge in [0, 0.05) is 18.6 Å². The largest absolute Gasteiger partial charge is 0.416 e. The van der Waals surface area contributed by atoms with Crippen LogP contribution in [0.4, 0.5) is 0 Å². The van der Waals surface area contributed by atoms with Crippen molar-refractivity contribution in [2.24, 2.45) is 10.2 Å². The van der Waals surface area contributed by atoms with Crippen LogP contribution in [0.15, 0.2) is 21.9 Å². The molecule has 0 N–H and O–H groups in total. The van der Waals surface area contributed by atoms with Gasteiger partial charge in [0.05, 0.1) is 11.4 Å². The average Bonchev–Trinajstić information content (AvgIpc) is 2.58. The quantitative estimate of drug-likeness (QED) is 0.691. The number of nitrogens with zero attached hydrogens (tertiary/aromatic N) is 2. The first-order valence-corrected chi connectivity index (χ1v) is 10.7. The number of fused-ring (bicyclic) bond motifs is 1. The number of allylic oxidation sites excluding steroid dienone is 2. The second-order valence-corrected chi connectivity index (χ2v) is 12.1. The molecule has 2 aliphatic rings. The van der Waals surface area contributed by atoms with Gasteiger partial charge in [0.15, 0.2) is 8.32 Å². The third-order valence-corrected chi connectivity index (χ3v) is 9.28. The standard InChI is InChI=1S/C16H28N2OSi/c1-16(2,3)20(4,5)19-12-11-15-13-9-7-6-8-10-14(13)17-18-15/h9H,6-8,10-12H2,1-5H3. The second-order valence-electron chi connectivity index (χ2n) is 7.32. The molecule has 0 spiro atoms. The van der Waals surface area contributed by atoms with E-state index in [1.807, 2.05) is 0 Å². The minimum Gasteiger partial charge on any atom is -0.416 e.